The third kappa shape index (κ3) is 5.29. The van der Waals surface area contributed by atoms with Crippen LogP contribution in [0.2, 0.25) is 15.1 Å². The average Bonchev–Trinajstić information content (AvgIpc) is 2.51. The molecule has 4 nitrogen and oxygen atoms in total. The summed E-state index contributed by atoms with van der Waals surface area (Å²) in [4.78, 5) is 1.61. The van der Waals surface area contributed by atoms with Crippen molar-refractivity contribution >= 4 is 44.8 Å². The number of hydrogen-bond acceptors (Lipinski definition) is 3. The van der Waals surface area contributed by atoms with E-state index < -0.39 is 21.9 Å². The Kier molecular flexibility index (Phi) is 6.70. The Hall–Kier alpha value is -0.890. The van der Waals surface area contributed by atoms with Crippen molar-refractivity contribution in [2.75, 3.05) is 20.6 Å². The molecule has 1 atom stereocenters. The third-order valence-corrected chi connectivity index (χ3v) is 5.91. The molecule has 1 N–H and O–H groups in total. The van der Waals surface area contributed by atoms with Gasteiger partial charge in [-0.05, 0) is 50.0 Å². The summed E-state index contributed by atoms with van der Waals surface area (Å²) in [6, 6.07) is 7.61. The first-order valence-electron chi connectivity index (χ1n) is 7.17. The summed E-state index contributed by atoms with van der Waals surface area (Å²) >= 11 is 17.6. The van der Waals surface area contributed by atoms with Crippen molar-refractivity contribution in [1.82, 2.24) is 9.62 Å². The Morgan fingerprint density at radius 2 is 1.68 bits per heavy atom. The zero-order valence-electron chi connectivity index (χ0n) is 13.4. The lowest BCUT2D eigenvalue weighted by atomic mass is 10.1. The maximum atomic E-state index is 13.6. The largest absolute Gasteiger partial charge is 0.307 e. The van der Waals surface area contributed by atoms with Crippen LogP contribution in [0, 0.1) is 5.82 Å². The molecule has 136 valence electrons. The maximum Gasteiger partial charge on any atom is 0.241 e. The topological polar surface area (TPSA) is 49.4 Å². The van der Waals surface area contributed by atoms with Gasteiger partial charge in [-0.1, -0.05) is 40.9 Å². The second-order valence-electron chi connectivity index (χ2n) is 5.69. The van der Waals surface area contributed by atoms with E-state index in [1.165, 1.54) is 12.1 Å². The van der Waals surface area contributed by atoms with E-state index in [1.54, 1.807) is 32.3 Å². The van der Waals surface area contributed by atoms with Gasteiger partial charge >= 0.3 is 0 Å². The van der Waals surface area contributed by atoms with Gasteiger partial charge in [-0.15, -0.1) is 0 Å². The van der Waals surface area contributed by atoms with Crippen LogP contribution in [0.5, 0.6) is 0 Å². The molecule has 0 aliphatic carbocycles. The molecule has 2 rings (SSSR count). The molecular weight excluding hydrogens is 410 g/mol. The highest BCUT2D eigenvalue weighted by Gasteiger charge is 2.23. The van der Waals surface area contributed by atoms with Crippen molar-refractivity contribution in [3.05, 3.63) is 62.8 Å². The van der Waals surface area contributed by atoms with Crippen LogP contribution in [0.4, 0.5) is 4.39 Å². The van der Waals surface area contributed by atoms with E-state index in [0.717, 1.165) is 6.07 Å². The van der Waals surface area contributed by atoms with Gasteiger partial charge in [0.15, 0.2) is 0 Å². The number of nitrogens with zero attached hydrogens (tertiary/aromatic N) is 1. The van der Waals surface area contributed by atoms with Crippen LogP contribution < -0.4 is 4.72 Å². The van der Waals surface area contributed by atoms with Gasteiger partial charge in [-0.3, -0.25) is 0 Å². The minimum absolute atomic E-state index is 0.145. The minimum atomic E-state index is -3.97. The molecular formula is C16H16Cl3FN2O2S. The van der Waals surface area contributed by atoms with Gasteiger partial charge in [0, 0.05) is 6.54 Å². The highest BCUT2D eigenvalue weighted by Crippen LogP contribution is 2.27. The van der Waals surface area contributed by atoms with Crippen molar-refractivity contribution < 1.29 is 12.8 Å². The molecule has 0 spiro atoms. The molecule has 0 saturated heterocycles. The maximum absolute atomic E-state index is 13.6. The molecule has 0 radical (unpaired) electrons. The number of halogens is 4. The lowest BCUT2D eigenvalue weighted by Gasteiger charge is -2.23. The number of benzene rings is 2. The smallest absolute Gasteiger partial charge is 0.241 e. The number of rotatable bonds is 6. The van der Waals surface area contributed by atoms with Crippen LogP contribution in [-0.4, -0.2) is 34.0 Å². The first-order valence-corrected chi connectivity index (χ1v) is 9.79. The monoisotopic (exact) mass is 424 g/mol. The molecule has 0 bridgehead atoms. The first-order chi connectivity index (χ1) is 11.6. The van der Waals surface area contributed by atoms with Crippen LogP contribution in [0.15, 0.2) is 41.3 Å². The average molecular weight is 426 g/mol. The predicted octanol–water partition coefficient (Wildman–Crippen LogP) is 4.37. The van der Waals surface area contributed by atoms with E-state index in [4.69, 9.17) is 34.8 Å². The summed E-state index contributed by atoms with van der Waals surface area (Å²) in [7, 11) is -0.354. The molecule has 0 aliphatic rings. The van der Waals surface area contributed by atoms with Crippen LogP contribution in [0.3, 0.4) is 0 Å². The SMILES string of the molecule is CN(C)CC(NS(=O)(=O)c1ccc(Cl)c(F)c1)c1ccc(Cl)c(Cl)c1. The van der Waals surface area contributed by atoms with Gasteiger partial charge in [0.1, 0.15) is 5.82 Å². The minimum Gasteiger partial charge on any atom is -0.307 e. The number of hydrogen-bond donors (Lipinski definition) is 1. The Labute approximate surface area is 161 Å². The zero-order valence-corrected chi connectivity index (χ0v) is 16.5. The second kappa shape index (κ2) is 8.20. The summed E-state index contributed by atoms with van der Waals surface area (Å²) in [6.45, 7) is 0.368. The number of nitrogens with one attached hydrogen (secondary N) is 1. The molecule has 0 heterocycles. The molecule has 1 unspecified atom stereocenters. The molecule has 0 saturated carbocycles. The summed E-state index contributed by atoms with van der Waals surface area (Å²) in [6.07, 6.45) is 0. The van der Waals surface area contributed by atoms with E-state index >= 15 is 0 Å². The van der Waals surface area contributed by atoms with Crippen molar-refractivity contribution in [3.8, 4) is 0 Å². The number of likely N-dealkylation sites (N-methyl/N-ethyl adjacent to an activating group) is 1. The van der Waals surface area contributed by atoms with Crippen LogP contribution in [0.25, 0.3) is 0 Å². The Balaban J connectivity index is 2.38. The third-order valence-electron chi connectivity index (χ3n) is 3.39. The Morgan fingerprint density at radius 3 is 2.24 bits per heavy atom. The zero-order chi connectivity index (χ0) is 18.8. The van der Waals surface area contributed by atoms with E-state index in [-0.39, 0.29) is 9.92 Å². The fourth-order valence-electron chi connectivity index (χ4n) is 2.20. The van der Waals surface area contributed by atoms with Crippen LogP contribution >= 0.6 is 34.8 Å². The molecule has 0 aromatic heterocycles. The quantitative estimate of drug-likeness (QED) is 0.748. The molecule has 0 fully saturated rings. The van der Waals surface area contributed by atoms with Crippen LogP contribution in [-0.2, 0) is 10.0 Å². The highest BCUT2D eigenvalue weighted by atomic mass is 35.5. The van der Waals surface area contributed by atoms with Gasteiger partial charge in [-0.25, -0.2) is 17.5 Å². The highest BCUT2D eigenvalue weighted by molar-refractivity contribution is 7.89. The van der Waals surface area contributed by atoms with E-state index in [9.17, 15) is 12.8 Å². The lowest BCUT2D eigenvalue weighted by Crippen LogP contribution is -2.35. The molecule has 25 heavy (non-hydrogen) atoms. The Morgan fingerprint density at radius 1 is 1.04 bits per heavy atom. The molecule has 2 aromatic rings. The fraction of sp³-hybridized carbons (Fsp3) is 0.250. The molecule has 2 aromatic carbocycles. The van der Waals surface area contributed by atoms with Crippen molar-refractivity contribution in [2.45, 2.75) is 10.9 Å². The van der Waals surface area contributed by atoms with Gasteiger partial charge in [0.05, 0.1) is 26.0 Å². The summed E-state index contributed by atoms with van der Waals surface area (Å²) in [5.74, 6) is -0.803. The molecule has 9 heteroatoms. The van der Waals surface area contributed by atoms with E-state index in [0.29, 0.717) is 22.2 Å². The van der Waals surface area contributed by atoms with Gasteiger partial charge in [-0.2, -0.15) is 0 Å². The normalized spacial score (nSPS) is 13.2. The van der Waals surface area contributed by atoms with Gasteiger partial charge in [0.25, 0.3) is 0 Å². The van der Waals surface area contributed by atoms with Gasteiger partial charge < -0.3 is 4.90 Å². The summed E-state index contributed by atoms with van der Waals surface area (Å²) in [5, 5.41) is 0.546. The fourth-order valence-corrected chi connectivity index (χ4v) is 3.86. The molecule has 0 aliphatic heterocycles. The van der Waals surface area contributed by atoms with Crippen molar-refractivity contribution in [3.63, 3.8) is 0 Å². The van der Waals surface area contributed by atoms with E-state index in [1.807, 2.05) is 4.90 Å². The summed E-state index contributed by atoms with van der Waals surface area (Å²) < 4.78 is 41.4. The second-order valence-corrected chi connectivity index (χ2v) is 8.62. The van der Waals surface area contributed by atoms with Gasteiger partial charge in [0.2, 0.25) is 10.0 Å². The first kappa shape index (κ1) is 20.4. The predicted molar refractivity (Wildman–Crippen MR) is 99.5 cm³/mol. The van der Waals surface area contributed by atoms with E-state index in [2.05, 4.69) is 4.72 Å². The number of sulfonamides is 1. The molecule has 0 amide bonds. The van der Waals surface area contributed by atoms with Crippen molar-refractivity contribution in [2.24, 2.45) is 0 Å². The summed E-state index contributed by atoms with van der Waals surface area (Å²) in [5.41, 5.74) is 0.640. The lowest BCUT2D eigenvalue weighted by molar-refractivity contribution is 0.363. The van der Waals surface area contributed by atoms with Crippen molar-refractivity contribution in [1.29, 1.82) is 0 Å². The van der Waals surface area contributed by atoms with Crippen LogP contribution in [0.1, 0.15) is 11.6 Å². The Bertz CT molecular complexity index is 876. The standard InChI is InChI=1S/C16H16Cl3FN2O2S/c1-22(2)9-16(10-3-5-12(17)14(19)7-10)21-25(23,24)11-4-6-13(18)15(20)8-11/h3-8,16,21H,9H2,1-2H3.